The molecule has 3 nitrogen and oxygen atoms in total. The topological polar surface area (TPSA) is 46.5 Å². The minimum atomic E-state index is -2.87. The fourth-order valence-corrected chi connectivity index (χ4v) is 3.84. The van der Waals surface area contributed by atoms with Crippen LogP contribution in [0.15, 0.2) is 42.0 Å². The van der Waals surface area contributed by atoms with Crippen LogP contribution in [0.2, 0.25) is 5.02 Å². The van der Waals surface area contributed by atoms with Crippen molar-refractivity contribution < 1.29 is 27.8 Å². The minimum Gasteiger partial charge on any atom is -0.487 e. The second kappa shape index (κ2) is 8.49. The number of alkyl halides is 2. The number of halogens is 4. The molecule has 0 atom stereocenters. The molecule has 7 heteroatoms. The Hall–Kier alpha value is -2.47. The molecular formula is C22H20ClF3O3. The number of benzene rings is 2. The molecule has 0 heterocycles. The number of carbonyl (C=O) groups is 1. The van der Waals surface area contributed by atoms with E-state index in [2.05, 4.69) is 0 Å². The van der Waals surface area contributed by atoms with Crippen LogP contribution in [-0.4, -0.2) is 23.6 Å². The van der Waals surface area contributed by atoms with Gasteiger partial charge in [-0.05, 0) is 59.4 Å². The Morgan fingerprint density at radius 1 is 1.21 bits per heavy atom. The highest BCUT2D eigenvalue weighted by molar-refractivity contribution is 6.32. The quantitative estimate of drug-likeness (QED) is 0.587. The molecule has 1 N–H and O–H groups in total. The van der Waals surface area contributed by atoms with Crippen LogP contribution in [0.3, 0.4) is 0 Å². The van der Waals surface area contributed by atoms with Crippen LogP contribution in [0.25, 0.3) is 5.57 Å². The summed E-state index contributed by atoms with van der Waals surface area (Å²) in [5, 5.41) is 9.11. The summed E-state index contributed by atoms with van der Waals surface area (Å²) in [7, 11) is 0. The molecule has 154 valence electrons. The van der Waals surface area contributed by atoms with E-state index in [1.165, 1.54) is 24.3 Å². The summed E-state index contributed by atoms with van der Waals surface area (Å²) in [6, 6.07) is 8.87. The Morgan fingerprint density at radius 2 is 1.90 bits per heavy atom. The molecule has 0 fully saturated rings. The maximum Gasteiger partial charge on any atom is 0.303 e. The lowest BCUT2D eigenvalue weighted by Crippen LogP contribution is -2.12. The highest BCUT2D eigenvalue weighted by Crippen LogP contribution is 2.44. The van der Waals surface area contributed by atoms with E-state index in [0.29, 0.717) is 39.5 Å². The normalized spacial score (nSPS) is 15.6. The van der Waals surface area contributed by atoms with Crippen molar-refractivity contribution in [2.24, 2.45) is 0 Å². The summed E-state index contributed by atoms with van der Waals surface area (Å²) in [6.45, 7) is 1.71. The van der Waals surface area contributed by atoms with Crippen molar-refractivity contribution in [3.63, 3.8) is 0 Å². The van der Waals surface area contributed by atoms with Crippen molar-refractivity contribution in [1.82, 2.24) is 0 Å². The van der Waals surface area contributed by atoms with Crippen LogP contribution < -0.4 is 4.74 Å². The van der Waals surface area contributed by atoms with Gasteiger partial charge in [0.15, 0.2) is 0 Å². The molecule has 0 radical (unpaired) electrons. The maximum absolute atomic E-state index is 14.1. The first-order chi connectivity index (χ1) is 13.6. The number of hydrogen-bond acceptors (Lipinski definition) is 2. The average molecular weight is 425 g/mol. The number of aliphatic carboxylic acids is 1. The fraction of sp³-hybridized carbons (Fsp3) is 0.318. The van der Waals surface area contributed by atoms with Gasteiger partial charge in [0.1, 0.15) is 18.2 Å². The van der Waals surface area contributed by atoms with Gasteiger partial charge in [0.05, 0.1) is 5.02 Å². The SMILES string of the molecule is Cc1cc(CCC(=O)O)cc(Cl)c1OCC1=C(c2ccc(F)cc2)CC(F)(F)C1. The highest BCUT2D eigenvalue weighted by atomic mass is 35.5. The Kier molecular flexibility index (Phi) is 6.22. The van der Waals surface area contributed by atoms with E-state index in [0.717, 1.165) is 5.56 Å². The molecule has 0 amide bonds. The van der Waals surface area contributed by atoms with Gasteiger partial charge in [-0.1, -0.05) is 29.8 Å². The van der Waals surface area contributed by atoms with Gasteiger partial charge in [-0.2, -0.15) is 0 Å². The third kappa shape index (κ3) is 5.32. The average Bonchev–Trinajstić information content (AvgIpc) is 2.94. The monoisotopic (exact) mass is 424 g/mol. The first-order valence-electron chi connectivity index (χ1n) is 9.13. The zero-order valence-corrected chi connectivity index (χ0v) is 16.5. The van der Waals surface area contributed by atoms with E-state index >= 15 is 0 Å². The predicted octanol–water partition coefficient (Wildman–Crippen LogP) is 6.07. The molecule has 1 aliphatic rings. The molecule has 0 spiro atoms. The Bertz CT molecular complexity index is 929. The number of allylic oxidation sites excluding steroid dienone is 1. The number of carboxylic acid groups (broad SMARTS) is 1. The highest BCUT2D eigenvalue weighted by Gasteiger charge is 2.39. The molecule has 29 heavy (non-hydrogen) atoms. The smallest absolute Gasteiger partial charge is 0.303 e. The van der Waals surface area contributed by atoms with E-state index in [1.807, 2.05) is 0 Å². The van der Waals surface area contributed by atoms with Crippen molar-refractivity contribution in [3.8, 4) is 5.75 Å². The van der Waals surface area contributed by atoms with E-state index in [-0.39, 0.29) is 13.0 Å². The van der Waals surface area contributed by atoms with E-state index in [9.17, 15) is 18.0 Å². The van der Waals surface area contributed by atoms with Gasteiger partial charge in [-0.15, -0.1) is 0 Å². The summed E-state index contributed by atoms with van der Waals surface area (Å²) in [5.74, 6) is -3.82. The molecule has 0 aromatic heterocycles. The molecule has 0 saturated carbocycles. The molecule has 3 rings (SSSR count). The van der Waals surface area contributed by atoms with Crippen LogP contribution in [-0.2, 0) is 11.2 Å². The van der Waals surface area contributed by atoms with E-state index in [1.54, 1.807) is 19.1 Å². The zero-order valence-electron chi connectivity index (χ0n) is 15.8. The molecule has 2 aromatic carbocycles. The largest absolute Gasteiger partial charge is 0.487 e. The third-order valence-electron chi connectivity index (χ3n) is 4.83. The summed E-state index contributed by atoms with van der Waals surface area (Å²) in [4.78, 5) is 10.7. The van der Waals surface area contributed by atoms with Gasteiger partial charge >= 0.3 is 5.97 Å². The molecule has 2 aromatic rings. The summed E-state index contributed by atoms with van der Waals surface area (Å²) >= 11 is 6.28. The molecule has 0 aliphatic heterocycles. The number of hydrogen-bond donors (Lipinski definition) is 1. The maximum atomic E-state index is 14.1. The van der Waals surface area contributed by atoms with Crippen molar-refractivity contribution in [3.05, 3.63) is 69.5 Å². The van der Waals surface area contributed by atoms with Crippen LogP contribution in [0.4, 0.5) is 13.2 Å². The number of ether oxygens (including phenoxy) is 1. The Balaban J connectivity index is 1.80. The number of carboxylic acids is 1. The second-order valence-corrected chi connectivity index (χ2v) is 7.61. The van der Waals surface area contributed by atoms with Gasteiger partial charge in [0.25, 0.3) is 5.92 Å². The lowest BCUT2D eigenvalue weighted by Gasteiger charge is -2.15. The lowest BCUT2D eigenvalue weighted by atomic mass is 10.0. The molecule has 0 unspecified atom stereocenters. The predicted molar refractivity (Wildman–Crippen MR) is 105 cm³/mol. The Morgan fingerprint density at radius 3 is 2.52 bits per heavy atom. The van der Waals surface area contributed by atoms with Crippen LogP contribution in [0.1, 0.15) is 36.0 Å². The fourth-order valence-electron chi connectivity index (χ4n) is 3.50. The zero-order chi connectivity index (χ0) is 21.2. The van der Waals surface area contributed by atoms with E-state index < -0.39 is 30.6 Å². The molecule has 1 aliphatic carbocycles. The van der Waals surface area contributed by atoms with Crippen molar-refractivity contribution in [2.45, 2.75) is 38.5 Å². The Labute approximate surface area is 171 Å². The minimum absolute atomic E-state index is 0.0149. The first kappa shape index (κ1) is 21.2. The van der Waals surface area contributed by atoms with Crippen molar-refractivity contribution >= 4 is 23.1 Å². The number of aryl methyl sites for hydroxylation is 2. The van der Waals surface area contributed by atoms with Gasteiger partial charge in [-0.25, -0.2) is 13.2 Å². The molecule has 0 bridgehead atoms. The van der Waals surface area contributed by atoms with Gasteiger partial charge in [0.2, 0.25) is 0 Å². The van der Waals surface area contributed by atoms with Gasteiger partial charge in [0, 0.05) is 19.3 Å². The van der Waals surface area contributed by atoms with Crippen molar-refractivity contribution in [2.75, 3.05) is 6.61 Å². The standard InChI is InChI=1S/C22H20ClF3O3/c1-13-8-14(2-7-20(27)28)9-19(23)21(13)29-12-16-10-22(25,26)11-18(16)15-3-5-17(24)6-4-15/h3-6,8-9H,2,7,10-12H2,1H3,(H,27,28). The summed E-state index contributed by atoms with van der Waals surface area (Å²) in [6.07, 6.45) is -0.521. The first-order valence-corrected chi connectivity index (χ1v) is 9.51. The second-order valence-electron chi connectivity index (χ2n) is 7.20. The summed E-state index contributed by atoms with van der Waals surface area (Å²) < 4.78 is 47.1. The van der Waals surface area contributed by atoms with Crippen LogP contribution >= 0.6 is 11.6 Å². The van der Waals surface area contributed by atoms with Crippen LogP contribution in [0, 0.1) is 12.7 Å². The number of rotatable bonds is 7. The van der Waals surface area contributed by atoms with Crippen LogP contribution in [0.5, 0.6) is 5.75 Å². The lowest BCUT2D eigenvalue weighted by molar-refractivity contribution is -0.136. The van der Waals surface area contributed by atoms with Gasteiger partial charge < -0.3 is 9.84 Å². The summed E-state index contributed by atoms with van der Waals surface area (Å²) in [5.41, 5.74) is 2.93. The van der Waals surface area contributed by atoms with E-state index in [4.69, 9.17) is 21.4 Å². The van der Waals surface area contributed by atoms with Crippen molar-refractivity contribution in [1.29, 1.82) is 0 Å². The van der Waals surface area contributed by atoms with Gasteiger partial charge in [-0.3, -0.25) is 4.79 Å². The third-order valence-corrected chi connectivity index (χ3v) is 5.12. The molecule has 0 saturated heterocycles. The molecular weight excluding hydrogens is 405 g/mol.